The second-order valence-electron chi connectivity index (χ2n) is 6.10. The van der Waals surface area contributed by atoms with Gasteiger partial charge in [-0.1, -0.05) is 16.8 Å². The van der Waals surface area contributed by atoms with Gasteiger partial charge in [0.05, 0.1) is 5.41 Å². The van der Waals surface area contributed by atoms with Crippen LogP contribution in [0.3, 0.4) is 0 Å². The fourth-order valence-electron chi connectivity index (χ4n) is 3.49. The average molecular weight is 306 g/mol. The molecule has 1 aromatic carbocycles. The number of aromatic nitrogens is 2. The van der Waals surface area contributed by atoms with E-state index < -0.39 is 0 Å². The molecule has 0 aliphatic heterocycles. The maximum atomic E-state index is 5.83. The predicted octanol–water partition coefficient (Wildman–Crippen LogP) is 2.70. The number of rotatable bonds is 5. The molecular formula is C15H16ClN3O2. The average Bonchev–Trinajstić information content (AvgIpc) is 2.85. The maximum absolute atomic E-state index is 5.83. The molecule has 110 valence electrons. The summed E-state index contributed by atoms with van der Waals surface area (Å²) in [6.07, 6.45) is 3.28. The van der Waals surface area contributed by atoms with E-state index in [1.165, 1.54) is 0 Å². The molecule has 3 aliphatic rings. The van der Waals surface area contributed by atoms with Gasteiger partial charge < -0.3 is 14.6 Å². The van der Waals surface area contributed by atoms with Crippen molar-refractivity contribution in [3.8, 4) is 5.75 Å². The molecule has 0 radical (unpaired) electrons. The van der Waals surface area contributed by atoms with E-state index in [9.17, 15) is 0 Å². The van der Waals surface area contributed by atoms with E-state index in [0.717, 1.165) is 30.9 Å². The number of nitrogens with one attached hydrogen (secondary N) is 1. The highest BCUT2D eigenvalue weighted by Crippen LogP contribution is 2.67. The van der Waals surface area contributed by atoms with Crippen LogP contribution in [0.1, 0.15) is 31.0 Å². The van der Waals surface area contributed by atoms with Crippen LogP contribution in [0.15, 0.2) is 28.8 Å². The Morgan fingerprint density at radius 1 is 1.29 bits per heavy atom. The largest absolute Gasteiger partial charge is 0.485 e. The molecule has 0 unspecified atom stereocenters. The molecule has 5 rings (SSSR count). The molecule has 1 heterocycles. The first-order chi connectivity index (χ1) is 10.1. The molecule has 2 aromatic rings. The maximum Gasteiger partial charge on any atom is 0.233 e. The molecule has 0 saturated heterocycles. The minimum atomic E-state index is 0.120. The summed E-state index contributed by atoms with van der Waals surface area (Å²) in [5, 5.41) is 8.07. The molecule has 1 N–H and O–H groups in total. The third-order valence-corrected chi connectivity index (χ3v) is 4.92. The second-order valence-corrected chi connectivity index (χ2v) is 6.54. The molecule has 3 aliphatic carbocycles. The van der Waals surface area contributed by atoms with Crippen LogP contribution >= 0.6 is 11.6 Å². The summed E-state index contributed by atoms with van der Waals surface area (Å²) >= 11 is 5.83. The summed E-state index contributed by atoms with van der Waals surface area (Å²) in [4.78, 5) is 4.48. The van der Waals surface area contributed by atoms with E-state index in [1.54, 1.807) is 12.1 Å². The Balaban J connectivity index is 1.39. The molecule has 0 atom stereocenters. The van der Waals surface area contributed by atoms with Crippen LogP contribution < -0.4 is 10.1 Å². The number of ether oxygens (including phenoxy) is 1. The van der Waals surface area contributed by atoms with Crippen molar-refractivity contribution >= 4 is 11.6 Å². The third-order valence-electron chi connectivity index (χ3n) is 4.66. The minimum absolute atomic E-state index is 0.120. The summed E-state index contributed by atoms with van der Waals surface area (Å²) < 4.78 is 11.0. The Morgan fingerprint density at radius 3 is 2.67 bits per heavy atom. The van der Waals surface area contributed by atoms with E-state index in [0.29, 0.717) is 23.0 Å². The first-order valence-electron chi connectivity index (χ1n) is 7.04. The van der Waals surface area contributed by atoms with Crippen LogP contribution in [-0.4, -0.2) is 22.7 Å². The van der Waals surface area contributed by atoms with Gasteiger partial charge in [-0.3, -0.25) is 0 Å². The molecule has 2 bridgehead atoms. The number of hydrogen-bond donors (Lipinski definition) is 1. The molecule has 0 amide bonds. The van der Waals surface area contributed by atoms with Crippen molar-refractivity contribution in [2.45, 2.75) is 36.8 Å². The highest BCUT2D eigenvalue weighted by molar-refractivity contribution is 6.30. The van der Waals surface area contributed by atoms with Crippen molar-refractivity contribution < 1.29 is 9.26 Å². The van der Waals surface area contributed by atoms with Crippen molar-refractivity contribution in [2.75, 3.05) is 7.05 Å². The van der Waals surface area contributed by atoms with Gasteiger partial charge in [-0.05, 0) is 50.6 Å². The Hall–Kier alpha value is -1.59. The molecule has 3 saturated carbocycles. The molecule has 6 heteroatoms. The van der Waals surface area contributed by atoms with Crippen LogP contribution in [-0.2, 0) is 12.0 Å². The van der Waals surface area contributed by atoms with Crippen molar-refractivity contribution in [1.82, 2.24) is 15.5 Å². The highest BCUT2D eigenvalue weighted by atomic mass is 35.5. The Bertz CT molecular complexity index is 648. The lowest BCUT2D eigenvalue weighted by Gasteiger charge is -2.68. The SMILES string of the molecule is CNC12CC(c3nc(COc4ccc(Cl)cc4)no3)(C1)C2. The zero-order valence-electron chi connectivity index (χ0n) is 11.7. The number of benzene rings is 1. The summed E-state index contributed by atoms with van der Waals surface area (Å²) in [6.45, 7) is 0.304. The van der Waals surface area contributed by atoms with Crippen molar-refractivity contribution in [3.05, 3.63) is 41.0 Å². The molecule has 1 aromatic heterocycles. The Labute approximate surface area is 127 Å². The van der Waals surface area contributed by atoms with Gasteiger partial charge in [-0.25, -0.2) is 0 Å². The molecule has 21 heavy (non-hydrogen) atoms. The summed E-state index contributed by atoms with van der Waals surface area (Å²) in [6, 6.07) is 7.22. The van der Waals surface area contributed by atoms with Crippen LogP contribution in [0.25, 0.3) is 0 Å². The van der Waals surface area contributed by atoms with Crippen molar-refractivity contribution in [3.63, 3.8) is 0 Å². The molecule has 3 fully saturated rings. The first-order valence-corrected chi connectivity index (χ1v) is 7.41. The topological polar surface area (TPSA) is 60.2 Å². The third kappa shape index (κ3) is 2.03. The van der Waals surface area contributed by atoms with Gasteiger partial charge in [0.2, 0.25) is 11.7 Å². The smallest absolute Gasteiger partial charge is 0.233 e. The van der Waals surface area contributed by atoms with Crippen molar-refractivity contribution in [1.29, 1.82) is 0 Å². The number of hydrogen-bond acceptors (Lipinski definition) is 5. The fraction of sp³-hybridized carbons (Fsp3) is 0.467. The van der Waals surface area contributed by atoms with E-state index in [2.05, 4.69) is 15.5 Å². The summed E-state index contributed by atoms with van der Waals surface area (Å²) in [7, 11) is 2.02. The summed E-state index contributed by atoms with van der Waals surface area (Å²) in [5.41, 5.74) is 0.447. The lowest BCUT2D eigenvalue weighted by Crippen LogP contribution is -2.75. The van der Waals surface area contributed by atoms with Crippen LogP contribution in [0.2, 0.25) is 5.02 Å². The van der Waals surface area contributed by atoms with E-state index >= 15 is 0 Å². The predicted molar refractivity (Wildman–Crippen MR) is 77.4 cm³/mol. The molecule has 5 nitrogen and oxygen atoms in total. The zero-order valence-corrected chi connectivity index (χ0v) is 12.5. The van der Waals surface area contributed by atoms with Gasteiger partial charge in [0.25, 0.3) is 0 Å². The Kier molecular flexibility index (Phi) is 2.78. The van der Waals surface area contributed by atoms with Gasteiger partial charge in [0, 0.05) is 10.6 Å². The van der Waals surface area contributed by atoms with Gasteiger partial charge in [-0.2, -0.15) is 4.98 Å². The van der Waals surface area contributed by atoms with Crippen LogP contribution in [0, 0.1) is 0 Å². The molecular weight excluding hydrogens is 290 g/mol. The lowest BCUT2D eigenvalue weighted by molar-refractivity contribution is -0.101. The van der Waals surface area contributed by atoms with Crippen molar-refractivity contribution in [2.24, 2.45) is 0 Å². The van der Waals surface area contributed by atoms with Gasteiger partial charge in [0.1, 0.15) is 5.75 Å². The summed E-state index contributed by atoms with van der Waals surface area (Å²) in [5.74, 6) is 2.09. The van der Waals surface area contributed by atoms with Crippen LogP contribution in [0.4, 0.5) is 0 Å². The fourth-order valence-corrected chi connectivity index (χ4v) is 3.61. The normalized spacial score (nSPS) is 29.6. The molecule has 0 spiro atoms. The highest BCUT2D eigenvalue weighted by Gasteiger charge is 2.70. The minimum Gasteiger partial charge on any atom is -0.485 e. The van der Waals surface area contributed by atoms with Gasteiger partial charge in [0.15, 0.2) is 6.61 Å². The number of halogens is 1. The van der Waals surface area contributed by atoms with Gasteiger partial charge in [-0.15, -0.1) is 0 Å². The second kappa shape index (κ2) is 4.45. The quantitative estimate of drug-likeness (QED) is 0.920. The zero-order chi connectivity index (χ0) is 14.5. The standard InChI is InChI=1S/C15H16ClN3O2/c1-17-15-7-14(8-15,9-15)13-18-12(19-21-13)6-20-11-4-2-10(16)3-5-11/h2-5,17H,6-9H2,1H3. The van der Waals surface area contributed by atoms with Gasteiger partial charge >= 0.3 is 0 Å². The Morgan fingerprint density at radius 2 is 2.00 bits per heavy atom. The van der Waals surface area contributed by atoms with E-state index in [1.807, 2.05) is 19.2 Å². The number of nitrogens with zero attached hydrogens (tertiary/aromatic N) is 2. The van der Waals surface area contributed by atoms with E-state index in [-0.39, 0.29) is 5.41 Å². The monoisotopic (exact) mass is 305 g/mol. The first kappa shape index (κ1) is 13.1. The van der Waals surface area contributed by atoms with Crippen LogP contribution in [0.5, 0.6) is 5.75 Å². The van der Waals surface area contributed by atoms with E-state index in [4.69, 9.17) is 20.9 Å². The lowest BCUT2D eigenvalue weighted by atomic mass is 9.39.